The molecule has 2 rings (SSSR count). The summed E-state index contributed by atoms with van der Waals surface area (Å²) in [5.41, 5.74) is 0.964. The number of rotatable bonds is 4. The van der Waals surface area contributed by atoms with Crippen LogP contribution in [0.1, 0.15) is 29.6 Å². The Bertz CT molecular complexity index is 624. The van der Waals surface area contributed by atoms with E-state index in [1.54, 1.807) is 23.5 Å². The molecule has 20 heavy (non-hydrogen) atoms. The van der Waals surface area contributed by atoms with Crippen molar-refractivity contribution in [3.63, 3.8) is 0 Å². The van der Waals surface area contributed by atoms with E-state index in [9.17, 15) is 9.18 Å². The third kappa shape index (κ3) is 3.57. The number of carbonyl (C=O) groups excluding carboxylic acids is 1. The van der Waals surface area contributed by atoms with E-state index in [-0.39, 0.29) is 17.8 Å². The van der Waals surface area contributed by atoms with Gasteiger partial charge >= 0.3 is 0 Å². The summed E-state index contributed by atoms with van der Waals surface area (Å²) < 4.78 is 13.8. The summed E-state index contributed by atoms with van der Waals surface area (Å²) >= 11 is 1.68. The number of carbonyl (C=O) groups is 1. The van der Waals surface area contributed by atoms with Gasteiger partial charge in [-0.15, -0.1) is 11.3 Å². The molecule has 0 saturated carbocycles. The zero-order chi connectivity index (χ0) is 14.7. The maximum absolute atomic E-state index is 13.8. The summed E-state index contributed by atoms with van der Waals surface area (Å²) in [4.78, 5) is 13.4. The summed E-state index contributed by atoms with van der Waals surface area (Å²) in [6.07, 6.45) is 0. The third-order valence-electron chi connectivity index (χ3n) is 2.85. The summed E-state index contributed by atoms with van der Waals surface area (Å²) in [6.45, 7) is 5.45. The van der Waals surface area contributed by atoms with Crippen molar-refractivity contribution >= 4 is 28.6 Å². The summed E-state index contributed by atoms with van der Waals surface area (Å²) in [7, 11) is 0. The third-order valence-corrected chi connectivity index (χ3v) is 4.03. The maximum Gasteiger partial charge on any atom is 0.221 e. The predicted octanol–water partition coefficient (Wildman–Crippen LogP) is 4.33. The van der Waals surface area contributed by atoms with Crippen LogP contribution in [-0.2, 0) is 4.79 Å². The van der Waals surface area contributed by atoms with Crippen LogP contribution in [0.25, 0.3) is 0 Å². The van der Waals surface area contributed by atoms with Gasteiger partial charge in [-0.3, -0.25) is 4.79 Å². The van der Waals surface area contributed by atoms with Crippen LogP contribution in [0, 0.1) is 12.7 Å². The number of aryl methyl sites for hydroxylation is 1. The highest BCUT2D eigenvalue weighted by atomic mass is 32.1. The van der Waals surface area contributed by atoms with Crippen molar-refractivity contribution in [2.45, 2.75) is 26.8 Å². The molecule has 1 unspecified atom stereocenters. The fourth-order valence-corrected chi connectivity index (χ4v) is 2.79. The Kier molecular flexibility index (Phi) is 4.39. The number of hydrogen-bond donors (Lipinski definition) is 2. The van der Waals surface area contributed by atoms with Gasteiger partial charge in [-0.2, -0.15) is 0 Å². The van der Waals surface area contributed by atoms with Crippen molar-refractivity contribution in [1.82, 2.24) is 0 Å². The van der Waals surface area contributed by atoms with Gasteiger partial charge in [-0.25, -0.2) is 4.39 Å². The molecule has 106 valence electrons. The maximum atomic E-state index is 13.8. The molecule has 0 spiro atoms. The zero-order valence-electron chi connectivity index (χ0n) is 11.7. The van der Waals surface area contributed by atoms with E-state index in [1.165, 1.54) is 17.9 Å². The highest BCUT2D eigenvalue weighted by molar-refractivity contribution is 7.12. The van der Waals surface area contributed by atoms with Crippen LogP contribution in [-0.4, -0.2) is 5.91 Å². The summed E-state index contributed by atoms with van der Waals surface area (Å²) in [5, 5.41) is 5.78. The summed E-state index contributed by atoms with van der Waals surface area (Å²) in [5.74, 6) is -0.510. The highest BCUT2D eigenvalue weighted by Crippen LogP contribution is 2.28. The molecule has 1 aromatic carbocycles. The van der Waals surface area contributed by atoms with Crippen LogP contribution in [0.3, 0.4) is 0 Å². The number of nitrogens with one attached hydrogen (secondary N) is 2. The minimum Gasteiger partial charge on any atom is -0.375 e. The number of benzene rings is 1. The Hall–Kier alpha value is -1.88. The molecule has 2 aromatic rings. The first-order chi connectivity index (χ1) is 9.45. The van der Waals surface area contributed by atoms with Crippen molar-refractivity contribution in [3.8, 4) is 0 Å². The van der Waals surface area contributed by atoms with E-state index >= 15 is 0 Å². The van der Waals surface area contributed by atoms with Gasteiger partial charge in [-0.05, 0) is 44.2 Å². The Morgan fingerprint density at radius 3 is 2.65 bits per heavy atom. The molecule has 0 aliphatic rings. The fourth-order valence-electron chi connectivity index (χ4n) is 1.91. The van der Waals surface area contributed by atoms with Crippen molar-refractivity contribution < 1.29 is 9.18 Å². The Balaban J connectivity index is 2.17. The number of amides is 1. The second kappa shape index (κ2) is 6.05. The second-order valence-electron chi connectivity index (χ2n) is 4.69. The average molecular weight is 292 g/mol. The Morgan fingerprint density at radius 1 is 1.30 bits per heavy atom. The molecule has 1 aromatic heterocycles. The van der Waals surface area contributed by atoms with E-state index in [2.05, 4.69) is 10.6 Å². The number of anilines is 2. The average Bonchev–Trinajstić information content (AvgIpc) is 2.79. The Morgan fingerprint density at radius 2 is 2.05 bits per heavy atom. The predicted molar refractivity (Wildman–Crippen MR) is 81.8 cm³/mol. The van der Waals surface area contributed by atoms with Gasteiger partial charge in [0.15, 0.2) is 0 Å². The minimum atomic E-state index is -0.334. The molecule has 1 amide bonds. The lowest BCUT2D eigenvalue weighted by Gasteiger charge is -2.15. The van der Waals surface area contributed by atoms with Crippen LogP contribution in [0.2, 0.25) is 0 Å². The first kappa shape index (κ1) is 14.5. The minimum absolute atomic E-state index is 0.00998. The molecule has 1 atom stereocenters. The van der Waals surface area contributed by atoms with Gasteiger partial charge < -0.3 is 10.6 Å². The summed E-state index contributed by atoms with van der Waals surface area (Å²) in [6, 6.07) is 8.58. The Labute approximate surface area is 121 Å². The quantitative estimate of drug-likeness (QED) is 0.880. The van der Waals surface area contributed by atoms with Crippen LogP contribution in [0.4, 0.5) is 15.8 Å². The molecule has 0 aliphatic heterocycles. The van der Waals surface area contributed by atoms with Crippen molar-refractivity contribution in [3.05, 3.63) is 45.9 Å². The van der Waals surface area contributed by atoms with Crippen molar-refractivity contribution in [1.29, 1.82) is 0 Å². The van der Waals surface area contributed by atoms with E-state index in [0.717, 1.165) is 4.88 Å². The lowest BCUT2D eigenvalue weighted by atomic mass is 10.2. The molecule has 0 radical (unpaired) electrons. The molecule has 5 heteroatoms. The van der Waals surface area contributed by atoms with Gasteiger partial charge in [-0.1, -0.05) is 0 Å². The van der Waals surface area contributed by atoms with Crippen LogP contribution < -0.4 is 10.6 Å². The number of halogens is 1. The molecule has 2 N–H and O–H groups in total. The first-order valence-electron chi connectivity index (χ1n) is 6.35. The normalized spacial score (nSPS) is 12.0. The molecular formula is C15H17FN2OS. The lowest BCUT2D eigenvalue weighted by Crippen LogP contribution is -2.09. The molecular weight excluding hydrogens is 275 g/mol. The van der Waals surface area contributed by atoms with E-state index in [4.69, 9.17) is 0 Å². The number of hydrogen-bond acceptors (Lipinski definition) is 3. The second-order valence-corrected chi connectivity index (χ2v) is 6.01. The van der Waals surface area contributed by atoms with E-state index < -0.39 is 0 Å². The molecule has 3 nitrogen and oxygen atoms in total. The standard InChI is InChI=1S/C15H17FN2OS/c1-9-4-7-15(20-9)10(2)17-14-8-12(18-11(3)19)5-6-13(14)16/h4-8,10,17H,1-3H3,(H,18,19). The van der Waals surface area contributed by atoms with E-state index in [0.29, 0.717) is 11.4 Å². The SMILES string of the molecule is CC(=O)Nc1ccc(F)c(NC(C)c2ccc(C)s2)c1. The molecule has 1 heterocycles. The van der Waals surface area contributed by atoms with Gasteiger partial charge in [0.2, 0.25) is 5.91 Å². The lowest BCUT2D eigenvalue weighted by molar-refractivity contribution is -0.114. The van der Waals surface area contributed by atoms with Crippen molar-refractivity contribution in [2.24, 2.45) is 0 Å². The molecule has 0 saturated heterocycles. The van der Waals surface area contributed by atoms with Gasteiger partial charge in [0.05, 0.1) is 11.7 Å². The topological polar surface area (TPSA) is 41.1 Å². The van der Waals surface area contributed by atoms with Gasteiger partial charge in [0.25, 0.3) is 0 Å². The molecule has 0 bridgehead atoms. The van der Waals surface area contributed by atoms with Crippen molar-refractivity contribution in [2.75, 3.05) is 10.6 Å². The number of thiophene rings is 1. The van der Waals surface area contributed by atoms with Gasteiger partial charge in [0, 0.05) is 22.4 Å². The molecule has 0 fully saturated rings. The first-order valence-corrected chi connectivity index (χ1v) is 7.17. The largest absolute Gasteiger partial charge is 0.375 e. The van der Waals surface area contributed by atoms with Gasteiger partial charge in [0.1, 0.15) is 5.82 Å². The zero-order valence-corrected chi connectivity index (χ0v) is 12.5. The fraction of sp³-hybridized carbons (Fsp3) is 0.267. The smallest absolute Gasteiger partial charge is 0.221 e. The molecule has 0 aliphatic carbocycles. The monoisotopic (exact) mass is 292 g/mol. The van der Waals surface area contributed by atoms with Crippen LogP contribution in [0.5, 0.6) is 0 Å². The highest BCUT2D eigenvalue weighted by Gasteiger charge is 2.11. The van der Waals surface area contributed by atoms with Crippen LogP contribution >= 0.6 is 11.3 Å². The van der Waals surface area contributed by atoms with E-state index in [1.807, 2.05) is 26.0 Å². The van der Waals surface area contributed by atoms with Crippen LogP contribution in [0.15, 0.2) is 30.3 Å².